The molecule has 2 aromatic rings. The number of thioether (sulfide) groups is 1. The number of carbonyl (C=O) groups excluding carboxylic acids is 1. The van der Waals surface area contributed by atoms with Crippen LogP contribution in [0.25, 0.3) is 0 Å². The summed E-state index contributed by atoms with van der Waals surface area (Å²) in [5.74, 6) is 2.18. The molecule has 0 unspecified atom stereocenters. The number of aromatic nitrogens is 1. The van der Waals surface area contributed by atoms with Crippen LogP contribution in [0, 0.1) is 0 Å². The van der Waals surface area contributed by atoms with Crippen LogP contribution in [0.3, 0.4) is 0 Å². The molecule has 0 radical (unpaired) electrons. The van der Waals surface area contributed by atoms with E-state index in [4.69, 9.17) is 11.6 Å². The fourth-order valence-corrected chi connectivity index (χ4v) is 3.55. The number of amides is 1. The van der Waals surface area contributed by atoms with Gasteiger partial charge in [-0.15, -0.1) is 11.8 Å². The molecule has 2 heterocycles. The molecule has 6 heteroatoms. The van der Waals surface area contributed by atoms with Gasteiger partial charge in [0.05, 0.1) is 17.6 Å². The van der Waals surface area contributed by atoms with E-state index in [1.54, 1.807) is 18.0 Å². The minimum Gasteiger partial charge on any atom is -0.357 e. The molecule has 1 aliphatic rings. The molecule has 4 nitrogen and oxygen atoms in total. The summed E-state index contributed by atoms with van der Waals surface area (Å²) in [6.45, 7) is 2.14. The number of hydrogen-bond donors (Lipinski definition) is 1. The number of nitrogens with one attached hydrogen (secondary N) is 1. The van der Waals surface area contributed by atoms with Gasteiger partial charge in [0.2, 0.25) is 5.91 Å². The fourth-order valence-electron chi connectivity index (χ4n) is 2.63. The lowest BCUT2D eigenvalue weighted by Gasteiger charge is -2.16. The van der Waals surface area contributed by atoms with Crippen LogP contribution in [0.4, 0.5) is 11.5 Å². The second-order valence-corrected chi connectivity index (χ2v) is 7.19. The second kappa shape index (κ2) is 8.40. The third-order valence-electron chi connectivity index (χ3n) is 3.88. The molecule has 1 N–H and O–H groups in total. The minimum absolute atomic E-state index is 0.00955. The molecule has 1 fully saturated rings. The van der Waals surface area contributed by atoms with Gasteiger partial charge in [-0.2, -0.15) is 0 Å². The number of benzene rings is 1. The quantitative estimate of drug-likeness (QED) is 0.837. The maximum absolute atomic E-state index is 12.0. The lowest BCUT2D eigenvalue weighted by Crippen LogP contribution is -2.19. The molecule has 0 spiro atoms. The normalized spacial score (nSPS) is 14.0. The smallest absolute Gasteiger partial charge is 0.234 e. The molecule has 1 aromatic carbocycles. The molecule has 0 aliphatic carbocycles. The van der Waals surface area contributed by atoms with Crippen molar-refractivity contribution in [2.75, 3.05) is 29.1 Å². The van der Waals surface area contributed by atoms with E-state index in [1.165, 1.54) is 12.8 Å². The first-order chi connectivity index (χ1) is 11.7. The van der Waals surface area contributed by atoms with Crippen molar-refractivity contribution in [2.45, 2.75) is 18.6 Å². The van der Waals surface area contributed by atoms with E-state index in [-0.39, 0.29) is 5.91 Å². The van der Waals surface area contributed by atoms with Crippen molar-refractivity contribution in [1.82, 2.24) is 4.98 Å². The summed E-state index contributed by atoms with van der Waals surface area (Å²) in [5.41, 5.74) is 1.91. The van der Waals surface area contributed by atoms with Gasteiger partial charge in [-0.3, -0.25) is 4.79 Å². The lowest BCUT2D eigenvalue weighted by atomic mass is 10.2. The summed E-state index contributed by atoms with van der Waals surface area (Å²) in [6, 6.07) is 11.6. The average Bonchev–Trinajstić information content (AvgIpc) is 3.12. The molecular weight excluding hydrogens is 342 g/mol. The highest BCUT2D eigenvalue weighted by Crippen LogP contribution is 2.19. The van der Waals surface area contributed by atoms with E-state index >= 15 is 0 Å². The molecule has 1 saturated heterocycles. The average molecular weight is 362 g/mol. The molecule has 1 aromatic heterocycles. The van der Waals surface area contributed by atoms with E-state index in [0.717, 1.165) is 40.9 Å². The highest BCUT2D eigenvalue weighted by atomic mass is 35.5. The third kappa shape index (κ3) is 4.89. The number of hydrogen-bond acceptors (Lipinski definition) is 4. The Morgan fingerprint density at radius 3 is 2.58 bits per heavy atom. The predicted octanol–water partition coefficient (Wildman–Crippen LogP) is 4.21. The molecule has 0 saturated carbocycles. The monoisotopic (exact) mass is 361 g/mol. The lowest BCUT2D eigenvalue weighted by molar-refractivity contribution is -0.113. The first-order valence-corrected chi connectivity index (χ1v) is 9.57. The van der Waals surface area contributed by atoms with E-state index < -0.39 is 0 Å². The molecule has 1 aliphatic heterocycles. The standard InChI is InChI=1S/C18H20ClN3OS/c19-15-5-3-14(4-6-15)12-24-13-18(23)21-16-7-8-17(20-11-16)22-9-1-2-10-22/h3-8,11H,1-2,9-10,12-13H2,(H,21,23). The summed E-state index contributed by atoms with van der Waals surface area (Å²) in [5, 5.41) is 3.62. The van der Waals surface area contributed by atoms with Crippen molar-refractivity contribution < 1.29 is 4.79 Å². The van der Waals surface area contributed by atoms with Crippen LogP contribution < -0.4 is 10.2 Å². The Morgan fingerprint density at radius 2 is 1.92 bits per heavy atom. The third-order valence-corrected chi connectivity index (χ3v) is 5.13. The summed E-state index contributed by atoms with van der Waals surface area (Å²) in [7, 11) is 0. The molecule has 1 amide bonds. The Balaban J connectivity index is 1.43. The van der Waals surface area contributed by atoms with Crippen LogP contribution in [-0.4, -0.2) is 29.7 Å². The highest BCUT2D eigenvalue weighted by Gasteiger charge is 2.13. The Morgan fingerprint density at radius 1 is 1.17 bits per heavy atom. The molecule has 0 atom stereocenters. The van der Waals surface area contributed by atoms with Gasteiger partial charge in [0, 0.05) is 23.9 Å². The van der Waals surface area contributed by atoms with Crippen LogP contribution in [0.1, 0.15) is 18.4 Å². The maximum atomic E-state index is 12.0. The van der Waals surface area contributed by atoms with Crippen molar-refractivity contribution in [3.63, 3.8) is 0 Å². The fraction of sp³-hybridized carbons (Fsp3) is 0.333. The number of carbonyl (C=O) groups is 1. The van der Waals surface area contributed by atoms with Crippen LogP contribution in [0.5, 0.6) is 0 Å². The van der Waals surface area contributed by atoms with Crippen LogP contribution in [0.2, 0.25) is 5.02 Å². The zero-order valence-corrected chi connectivity index (χ0v) is 14.9. The first-order valence-electron chi connectivity index (χ1n) is 8.04. The Hall–Kier alpha value is -1.72. The second-order valence-electron chi connectivity index (χ2n) is 5.77. The van der Waals surface area contributed by atoms with E-state index in [1.807, 2.05) is 36.4 Å². The predicted molar refractivity (Wildman–Crippen MR) is 102 cm³/mol. The van der Waals surface area contributed by atoms with E-state index in [0.29, 0.717) is 5.75 Å². The summed E-state index contributed by atoms with van der Waals surface area (Å²) in [6.07, 6.45) is 4.19. The first kappa shape index (κ1) is 17.1. The zero-order chi connectivity index (χ0) is 16.8. The molecule has 126 valence electrons. The minimum atomic E-state index is -0.00955. The van der Waals surface area contributed by atoms with Crippen LogP contribution in [0.15, 0.2) is 42.6 Å². The van der Waals surface area contributed by atoms with Crippen LogP contribution in [-0.2, 0) is 10.5 Å². The number of rotatable bonds is 6. The zero-order valence-electron chi connectivity index (χ0n) is 13.4. The van der Waals surface area contributed by atoms with Gasteiger partial charge >= 0.3 is 0 Å². The Kier molecular flexibility index (Phi) is 5.99. The Labute approximate surface area is 151 Å². The van der Waals surface area contributed by atoms with Gasteiger partial charge in [-0.25, -0.2) is 4.98 Å². The van der Waals surface area contributed by atoms with Crippen LogP contribution >= 0.6 is 23.4 Å². The van der Waals surface area contributed by atoms with Gasteiger partial charge in [-0.05, 0) is 42.7 Å². The van der Waals surface area contributed by atoms with Gasteiger partial charge in [0.15, 0.2) is 0 Å². The maximum Gasteiger partial charge on any atom is 0.234 e. The molecule has 24 heavy (non-hydrogen) atoms. The van der Waals surface area contributed by atoms with Gasteiger partial charge in [0.25, 0.3) is 0 Å². The van der Waals surface area contributed by atoms with Crippen molar-refractivity contribution in [3.05, 3.63) is 53.2 Å². The summed E-state index contributed by atoms with van der Waals surface area (Å²) in [4.78, 5) is 18.7. The molecular formula is C18H20ClN3OS. The van der Waals surface area contributed by atoms with Gasteiger partial charge in [0.1, 0.15) is 5.82 Å². The summed E-state index contributed by atoms with van der Waals surface area (Å²) >= 11 is 7.44. The van der Waals surface area contributed by atoms with Crippen molar-refractivity contribution >= 4 is 40.8 Å². The number of nitrogens with zero attached hydrogens (tertiary/aromatic N) is 2. The van der Waals surface area contributed by atoms with Crippen molar-refractivity contribution in [2.24, 2.45) is 0 Å². The summed E-state index contributed by atoms with van der Waals surface area (Å²) < 4.78 is 0. The highest BCUT2D eigenvalue weighted by molar-refractivity contribution is 7.99. The number of pyridine rings is 1. The van der Waals surface area contributed by atoms with E-state index in [9.17, 15) is 4.79 Å². The molecule has 3 rings (SSSR count). The number of anilines is 2. The number of halogens is 1. The van der Waals surface area contributed by atoms with Gasteiger partial charge in [-0.1, -0.05) is 23.7 Å². The molecule has 0 bridgehead atoms. The largest absolute Gasteiger partial charge is 0.357 e. The van der Waals surface area contributed by atoms with Crippen molar-refractivity contribution in [3.8, 4) is 0 Å². The Bertz CT molecular complexity index is 670. The van der Waals surface area contributed by atoms with Gasteiger partial charge < -0.3 is 10.2 Å². The SMILES string of the molecule is O=C(CSCc1ccc(Cl)cc1)Nc1ccc(N2CCCC2)nc1. The topological polar surface area (TPSA) is 45.2 Å². The van der Waals surface area contributed by atoms with E-state index in [2.05, 4.69) is 15.2 Å². The van der Waals surface area contributed by atoms with Crippen molar-refractivity contribution in [1.29, 1.82) is 0 Å².